The summed E-state index contributed by atoms with van der Waals surface area (Å²) >= 11 is 1.20. The fraction of sp³-hybridized carbons (Fsp3) is 0.167. The number of hydrogen-bond acceptors (Lipinski definition) is 8. The first-order chi connectivity index (χ1) is 19.0. The number of esters is 1. The van der Waals surface area contributed by atoms with E-state index in [0.717, 1.165) is 0 Å². The van der Waals surface area contributed by atoms with E-state index < -0.39 is 12.0 Å². The highest BCUT2D eigenvalue weighted by Crippen LogP contribution is 2.42. The zero-order chi connectivity index (χ0) is 27.5. The number of nitrogens with zero attached hydrogens (tertiary/aromatic N) is 2. The molecule has 5 rings (SSSR count). The number of hydrogen-bond donors (Lipinski definition) is 1. The molecular weight excluding hydrogens is 516 g/mol. The van der Waals surface area contributed by atoms with E-state index in [1.54, 1.807) is 55.5 Å². The van der Waals surface area contributed by atoms with Gasteiger partial charge in [0.15, 0.2) is 16.3 Å². The van der Waals surface area contributed by atoms with Gasteiger partial charge in [0.2, 0.25) is 0 Å². The minimum atomic E-state index is -0.910. The summed E-state index contributed by atoms with van der Waals surface area (Å²) in [6.45, 7) is 1.88. The van der Waals surface area contributed by atoms with Gasteiger partial charge in [-0.2, -0.15) is 0 Å². The number of benzene rings is 3. The molecule has 9 heteroatoms. The van der Waals surface area contributed by atoms with E-state index in [4.69, 9.17) is 19.2 Å². The van der Waals surface area contributed by atoms with Crippen molar-refractivity contribution in [2.75, 3.05) is 20.8 Å². The Morgan fingerprint density at radius 3 is 2.51 bits per heavy atom. The van der Waals surface area contributed by atoms with Crippen LogP contribution in [0.15, 0.2) is 88.2 Å². The van der Waals surface area contributed by atoms with Gasteiger partial charge in [-0.15, -0.1) is 0 Å². The highest BCUT2D eigenvalue weighted by atomic mass is 32.1. The minimum absolute atomic E-state index is 0.0893. The molecular formula is C30H26N2O6S. The second kappa shape index (κ2) is 11.0. The average Bonchev–Trinajstić information content (AvgIpc) is 3.26. The van der Waals surface area contributed by atoms with Gasteiger partial charge in [-0.25, -0.2) is 9.79 Å². The molecule has 0 fully saturated rings. The van der Waals surface area contributed by atoms with Gasteiger partial charge < -0.3 is 19.3 Å². The summed E-state index contributed by atoms with van der Waals surface area (Å²) in [7, 11) is 3.04. The Bertz CT molecular complexity index is 1750. The molecule has 0 saturated carbocycles. The number of aromatic hydroxyl groups is 1. The molecule has 1 aliphatic rings. The monoisotopic (exact) mass is 542 g/mol. The van der Waals surface area contributed by atoms with Crippen molar-refractivity contribution in [1.82, 2.24) is 4.57 Å². The number of aromatic nitrogens is 1. The van der Waals surface area contributed by atoms with E-state index >= 15 is 0 Å². The van der Waals surface area contributed by atoms with Crippen LogP contribution in [-0.2, 0) is 9.53 Å². The van der Waals surface area contributed by atoms with Crippen LogP contribution in [0.4, 0.5) is 0 Å². The van der Waals surface area contributed by atoms with E-state index in [1.165, 1.54) is 30.1 Å². The summed E-state index contributed by atoms with van der Waals surface area (Å²) in [5, 5.41) is 9.93. The molecule has 1 aromatic heterocycles. The third kappa shape index (κ3) is 4.84. The molecule has 39 heavy (non-hydrogen) atoms. The third-order valence-corrected chi connectivity index (χ3v) is 7.25. The van der Waals surface area contributed by atoms with Crippen molar-refractivity contribution in [3.63, 3.8) is 0 Å². The second-order valence-corrected chi connectivity index (χ2v) is 9.62. The molecule has 0 amide bonds. The maximum absolute atomic E-state index is 14.0. The van der Waals surface area contributed by atoms with Crippen molar-refractivity contribution >= 4 is 29.1 Å². The van der Waals surface area contributed by atoms with Crippen LogP contribution < -0.4 is 24.4 Å². The first kappa shape index (κ1) is 26.0. The number of thiazole rings is 1. The predicted octanol–water partition coefficient (Wildman–Crippen LogP) is 3.66. The van der Waals surface area contributed by atoms with Crippen LogP contribution in [-0.4, -0.2) is 36.5 Å². The highest BCUT2D eigenvalue weighted by molar-refractivity contribution is 7.07. The topological polar surface area (TPSA) is 99.4 Å². The molecule has 8 nitrogen and oxygen atoms in total. The lowest BCUT2D eigenvalue weighted by Gasteiger charge is -2.27. The van der Waals surface area contributed by atoms with Gasteiger partial charge in [0.05, 0.1) is 36.6 Å². The highest BCUT2D eigenvalue weighted by Gasteiger charge is 2.37. The molecule has 1 N–H and O–H groups in total. The molecule has 0 saturated heterocycles. The number of phenolic OH excluding ortho intramolecular Hbond substituents is 1. The molecule has 0 spiro atoms. The van der Waals surface area contributed by atoms with Crippen molar-refractivity contribution < 1.29 is 24.1 Å². The molecule has 2 heterocycles. The molecule has 1 atom stereocenters. The normalized spacial score (nSPS) is 14.9. The largest absolute Gasteiger partial charge is 0.508 e. The van der Waals surface area contributed by atoms with Crippen LogP contribution in [0.3, 0.4) is 0 Å². The Morgan fingerprint density at radius 2 is 1.82 bits per heavy atom. The molecule has 3 aromatic carbocycles. The molecule has 0 bridgehead atoms. The number of carbonyl (C=O) groups is 1. The summed E-state index contributed by atoms with van der Waals surface area (Å²) in [6, 6.07) is 20.4. The molecule has 0 radical (unpaired) electrons. The Balaban J connectivity index is 1.89. The van der Waals surface area contributed by atoms with E-state index in [9.17, 15) is 14.7 Å². The number of para-hydroxylation sites is 1. The summed E-state index contributed by atoms with van der Waals surface area (Å²) in [6.07, 6.45) is 1.69. The van der Waals surface area contributed by atoms with Crippen molar-refractivity contribution in [2.24, 2.45) is 4.99 Å². The number of ether oxygens (including phenoxy) is 3. The fourth-order valence-electron chi connectivity index (χ4n) is 4.63. The lowest BCUT2D eigenvalue weighted by atomic mass is 9.92. The molecule has 1 aliphatic heterocycles. The number of carbonyl (C=O) groups excluding carboxylic acids is 1. The third-order valence-electron chi connectivity index (χ3n) is 6.27. The lowest BCUT2D eigenvalue weighted by Crippen LogP contribution is -2.40. The van der Waals surface area contributed by atoms with E-state index in [-0.39, 0.29) is 23.5 Å². The van der Waals surface area contributed by atoms with Crippen molar-refractivity contribution in [1.29, 1.82) is 0 Å². The summed E-state index contributed by atoms with van der Waals surface area (Å²) in [4.78, 5) is 32.8. The second-order valence-electron chi connectivity index (χ2n) is 8.61. The fourth-order valence-corrected chi connectivity index (χ4v) is 5.63. The first-order valence-electron chi connectivity index (χ1n) is 12.2. The van der Waals surface area contributed by atoms with Gasteiger partial charge in [0, 0.05) is 11.1 Å². The predicted molar refractivity (Wildman–Crippen MR) is 149 cm³/mol. The number of fused-ring (bicyclic) bond motifs is 1. The summed E-state index contributed by atoms with van der Waals surface area (Å²) < 4.78 is 18.7. The smallest absolute Gasteiger partial charge is 0.338 e. The SMILES string of the molecule is CCOC(=O)C1=C(c2ccccc2)N=c2sc(=Cc3cccc(O)c3)c(=O)n2C1c1cccc(OC)c1OC. The Morgan fingerprint density at radius 1 is 1.05 bits per heavy atom. The Kier molecular flexibility index (Phi) is 7.33. The minimum Gasteiger partial charge on any atom is -0.508 e. The number of methoxy groups -OCH3 is 2. The van der Waals surface area contributed by atoms with Gasteiger partial charge >= 0.3 is 5.97 Å². The van der Waals surface area contributed by atoms with Gasteiger partial charge in [0.1, 0.15) is 11.8 Å². The number of phenols is 1. The summed E-state index contributed by atoms with van der Waals surface area (Å²) in [5.41, 5.74) is 2.20. The Hall–Kier alpha value is -4.63. The van der Waals surface area contributed by atoms with E-state index in [1.807, 2.05) is 30.3 Å². The van der Waals surface area contributed by atoms with Gasteiger partial charge in [-0.05, 0) is 36.8 Å². The van der Waals surface area contributed by atoms with Crippen LogP contribution in [0, 0.1) is 0 Å². The zero-order valence-electron chi connectivity index (χ0n) is 21.6. The van der Waals surface area contributed by atoms with Crippen molar-refractivity contribution in [3.8, 4) is 17.2 Å². The number of rotatable bonds is 7. The average molecular weight is 543 g/mol. The van der Waals surface area contributed by atoms with Gasteiger partial charge in [0.25, 0.3) is 5.56 Å². The van der Waals surface area contributed by atoms with Crippen LogP contribution in [0.25, 0.3) is 11.8 Å². The van der Waals surface area contributed by atoms with E-state index in [0.29, 0.717) is 43.2 Å². The van der Waals surface area contributed by atoms with Crippen molar-refractivity contribution in [3.05, 3.63) is 115 Å². The van der Waals surface area contributed by atoms with Crippen LogP contribution in [0.5, 0.6) is 17.2 Å². The summed E-state index contributed by atoms with van der Waals surface area (Å²) in [5.74, 6) is 0.353. The van der Waals surface area contributed by atoms with Crippen molar-refractivity contribution in [2.45, 2.75) is 13.0 Å². The van der Waals surface area contributed by atoms with Crippen LogP contribution in [0.2, 0.25) is 0 Å². The van der Waals surface area contributed by atoms with Crippen LogP contribution in [0.1, 0.15) is 29.7 Å². The quantitative estimate of drug-likeness (QED) is 0.358. The molecule has 4 aromatic rings. The van der Waals surface area contributed by atoms with Gasteiger partial charge in [-0.3, -0.25) is 9.36 Å². The van der Waals surface area contributed by atoms with E-state index in [2.05, 4.69) is 0 Å². The maximum atomic E-state index is 14.0. The molecule has 198 valence electrons. The Labute approximate surface area is 228 Å². The van der Waals surface area contributed by atoms with Crippen LogP contribution >= 0.6 is 11.3 Å². The standard InChI is InChI=1S/C30H26N2O6S/c1-4-38-29(35)24-25(19-11-6-5-7-12-19)31-30-32(26(24)21-14-9-15-22(36-2)27(21)37-3)28(34)23(39-30)17-18-10-8-13-20(33)16-18/h5-17,26,33H,4H2,1-3H3. The molecule has 0 aliphatic carbocycles. The zero-order valence-corrected chi connectivity index (χ0v) is 22.4. The first-order valence-corrected chi connectivity index (χ1v) is 13.1. The maximum Gasteiger partial charge on any atom is 0.338 e. The lowest BCUT2D eigenvalue weighted by molar-refractivity contribution is -0.138. The molecule has 1 unspecified atom stereocenters. The van der Waals surface area contributed by atoms with Gasteiger partial charge in [-0.1, -0.05) is 65.9 Å².